The molecule has 0 spiro atoms. The van der Waals surface area contributed by atoms with Gasteiger partial charge in [0.25, 0.3) is 0 Å². The number of rotatable bonds is 2. The van der Waals surface area contributed by atoms with Crippen molar-refractivity contribution in [1.29, 1.82) is 0 Å². The van der Waals surface area contributed by atoms with Crippen LogP contribution in [0.25, 0.3) is 10.8 Å². The Balaban J connectivity index is 1.99. The van der Waals surface area contributed by atoms with Crippen molar-refractivity contribution in [3.05, 3.63) is 58.3 Å². The molecule has 96 valence electrons. The molecule has 1 aliphatic rings. The lowest BCUT2D eigenvalue weighted by molar-refractivity contribution is 0.0899. The molecule has 3 rings (SSSR count). The fraction of sp³-hybridized carbons (Fsp3) is 0.188. The molecule has 0 unspecified atom stereocenters. The number of hydrogen-bond donors (Lipinski definition) is 0. The molecule has 2 aromatic carbocycles. The zero-order valence-electron chi connectivity index (χ0n) is 10.4. The number of fused-ring (bicyclic) bond motifs is 1. The molecular weight excluding hydrogens is 304 g/mol. The Hall–Kier alpha value is -1.61. The molecule has 0 aliphatic carbocycles. The van der Waals surface area contributed by atoms with Gasteiger partial charge >= 0.3 is 0 Å². The Labute approximate surface area is 120 Å². The average Bonchev–Trinajstić information content (AvgIpc) is 2.47. The number of carbonyl (C=O) groups excluding carboxylic acids is 1. The van der Waals surface area contributed by atoms with Crippen molar-refractivity contribution in [1.82, 2.24) is 0 Å². The largest absolute Gasteiger partial charge is 0.490 e. The number of Topliss-reactive ketones (excluding diaryl/α,β-unsaturated/α-hetero) is 1. The summed E-state index contributed by atoms with van der Waals surface area (Å²) in [5.41, 5.74) is 0.683. The lowest BCUT2D eigenvalue weighted by Crippen LogP contribution is -2.11. The van der Waals surface area contributed by atoms with E-state index in [1.54, 1.807) is 0 Å². The maximum Gasteiger partial charge on any atom is 0.227 e. The first-order valence-electron chi connectivity index (χ1n) is 6.31. The lowest BCUT2D eigenvalue weighted by Gasteiger charge is -2.14. The third-order valence-electron chi connectivity index (χ3n) is 3.22. The molecule has 19 heavy (non-hydrogen) atoms. The van der Waals surface area contributed by atoms with Crippen LogP contribution in [0.1, 0.15) is 23.2 Å². The van der Waals surface area contributed by atoms with E-state index in [-0.39, 0.29) is 5.78 Å². The van der Waals surface area contributed by atoms with E-state index in [0.29, 0.717) is 17.9 Å². The van der Waals surface area contributed by atoms with Gasteiger partial charge in [-0.3, -0.25) is 4.79 Å². The maximum absolute atomic E-state index is 12.3. The van der Waals surface area contributed by atoms with Gasteiger partial charge < -0.3 is 4.74 Å². The van der Waals surface area contributed by atoms with E-state index in [9.17, 15) is 4.79 Å². The van der Waals surface area contributed by atoms with Crippen LogP contribution in [0, 0.1) is 0 Å². The fourth-order valence-electron chi connectivity index (χ4n) is 2.22. The van der Waals surface area contributed by atoms with Crippen LogP contribution in [-0.4, -0.2) is 12.4 Å². The van der Waals surface area contributed by atoms with Crippen molar-refractivity contribution in [2.45, 2.75) is 12.8 Å². The molecule has 0 fully saturated rings. The molecule has 0 N–H and O–H groups in total. The minimum Gasteiger partial charge on any atom is -0.490 e. The second kappa shape index (κ2) is 5.17. The minimum absolute atomic E-state index is 0.0236. The Morgan fingerprint density at radius 1 is 1.11 bits per heavy atom. The maximum atomic E-state index is 12.3. The molecule has 2 nitrogen and oxygen atoms in total. The van der Waals surface area contributed by atoms with Gasteiger partial charge in [-0.15, -0.1) is 0 Å². The van der Waals surface area contributed by atoms with Gasteiger partial charge in [-0.05, 0) is 47.9 Å². The predicted molar refractivity (Wildman–Crippen MR) is 79.2 cm³/mol. The van der Waals surface area contributed by atoms with Gasteiger partial charge in [0.05, 0.1) is 6.61 Å². The summed E-state index contributed by atoms with van der Waals surface area (Å²) >= 11 is 3.45. The summed E-state index contributed by atoms with van der Waals surface area (Å²) in [6.07, 6.45) is 3.79. The first-order valence-corrected chi connectivity index (χ1v) is 7.10. The van der Waals surface area contributed by atoms with Gasteiger partial charge in [-0.25, -0.2) is 0 Å². The third kappa shape index (κ3) is 2.56. The third-order valence-corrected chi connectivity index (χ3v) is 3.72. The van der Waals surface area contributed by atoms with E-state index < -0.39 is 0 Å². The summed E-state index contributed by atoms with van der Waals surface area (Å²) < 4.78 is 6.47. The second-order valence-electron chi connectivity index (χ2n) is 4.59. The highest BCUT2D eigenvalue weighted by atomic mass is 79.9. The smallest absolute Gasteiger partial charge is 0.227 e. The van der Waals surface area contributed by atoms with Crippen LogP contribution in [0.3, 0.4) is 0 Å². The minimum atomic E-state index is -0.0236. The number of halogens is 1. The summed E-state index contributed by atoms with van der Waals surface area (Å²) in [7, 11) is 0. The first-order chi connectivity index (χ1) is 9.24. The molecule has 0 saturated carbocycles. The van der Waals surface area contributed by atoms with Gasteiger partial charge in [0.1, 0.15) is 0 Å². The molecule has 0 saturated heterocycles. The van der Waals surface area contributed by atoms with Crippen molar-refractivity contribution in [3.63, 3.8) is 0 Å². The van der Waals surface area contributed by atoms with Crippen molar-refractivity contribution in [3.8, 4) is 0 Å². The number of hydrogen-bond acceptors (Lipinski definition) is 2. The molecule has 2 aromatic rings. The molecule has 0 aromatic heterocycles. The normalized spacial score (nSPS) is 14.9. The number of ketones is 1. The number of ether oxygens (including phenoxy) is 1. The Bertz CT molecular complexity index is 674. The summed E-state index contributed by atoms with van der Waals surface area (Å²) in [5, 5.41) is 2.18. The van der Waals surface area contributed by atoms with Gasteiger partial charge in [0.2, 0.25) is 5.78 Å². The predicted octanol–water partition coefficient (Wildman–Crippen LogP) is 4.48. The van der Waals surface area contributed by atoms with Crippen LogP contribution in [0.15, 0.2) is 52.7 Å². The second-order valence-corrected chi connectivity index (χ2v) is 5.51. The van der Waals surface area contributed by atoms with Gasteiger partial charge in [-0.1, -0.05) is 34.1 Å². The van der Waals surface area contributed by atoms with Gasteiger partial charge in [0, 0.05) is 10.0 Å². The molecule has 3 heteroatoms. The van der Waals surface area contributed by atoms with E-state index in [4.69, 9.17) is 4.74 Å². The monoisotopic (exact) mass is 316 g/mol. The van der Waals surface area contributed by atoms with E-state index in [0.717, 1.165) is 28.1 Å². The molecule has 1 aliphatic heterocycles. The van der Waals surface area contributed by atoms with E-state index in [1.807, 2.05) is 42.5 Å². The van der Waals surface area contributed by atoms with Crippen LogP contribution >= 0.6 is 15.9 Å². The fourth-order valence-corrected chi connectivity index (χ4v) is 2.59. The summed E-state index contributed by atoms with van der Waals surface area (Å²) in [5.74, 6) is 0.465. The number of benzene rings is 2. The Morgan fingerprint density at radius 2 is 1.89 bits per heavy atom. The van der Waals surface area contributed by atoms with Crippen molar-refractivity contribution in [2.24, 2.45) is 0 Å². The quantitative estimate of drug-likeness (QED) is 0.764. The Kier molecular flexibility index (Phi) is 3.38. The summed E-state index contributed by atoms with van der Waals surface area (Å²) in [4.78, 5) is 12.3. The van der Waals surface area contributed by atoms with Crippen LogP contribution in [0.4, 0.5) is 0 Å². The highest BCUT2D eigenvalue weighted by molar-refractivity contribution is 9.10. The Morgan fingerprint density at radius 3 is 2.68 bits per heavy atom. The van der Waals surface area contributed by atoms with Crippen LogP contribution in [-0.2, 0) is 4.74 Å². The molecule has 0 atom stereocenters. The molecule has 1 heterocycles. The summed E-state index contributed by atoms with van der Waals surface area (Å²) in [6.45, 7) is 0.637. The standard InChI is InChI=1S/C16H13BrO2/c17-14-7-6-11-9-13(5-4-12(11)10-14)16(18)15-3-1-2-8-19-15/h3-7,9-10H,1-2,8H2. The molecule has 0 bridgehead atoms. The van der Waals surface area contributed by atoms with Crippen molar-refractivity contribution in [2.75, 3.05) is 6.61 Å². The van der Waals surface area contributed by atoms with Crippen LogP contribution < -0.4 is 0 Å². The van der Waals surface area contributed by atoms with E-state index in [1.165, 1.54) is 0 Å². The van der Waals surface area contributed by atoms with E-state index >= 15 is 0 Å². The zero-order valence-corrected chi connectivity index (χ0v) is 11.9. The SMILES string of the molecule is O=C(C1=CCCCO1)c1ccc2cc(Br)ccc2c1. The van der Waals surface area contributed by atoms with Crippen LogP contribution in [0.2, 0.25) is 0 Å². The van der Waals surface area contributed by atoms with Gasteiger partial charge in [0.15, 0.2) is 5.76 Å². The molecule has 0 amide bonds. The number of allylic oxidation sites excluding steroid dienone is 2. The highest BCUT2D eigenvalue weighted by Gasteiger charge is 2.16. The van der Waals surface area contributed by atoms with Gasteiger partial charge in [-0.2, -0.15) is 0 Å². The highest BCUT2D eigenvalue weighted by Crippen LogP contribution is 2.23. The van der Waals surface area contributed by atoms with E-state index in [2.05, 4.69) is 15.9 Å². The topological polar surface area (TPSA) is 26.3 Å². The molecule has 0 radical (unpaired) electrons. The van der Waals surface area contributed by atoms with Crippen LogP contribution in [0.5, 0.6) is 0 Å². The zero-order chi connectivity index (χ0) is 13.2. The number of carbonyl (C=O) groups is 1. The lowest BCUT2D eigenvalue weighted by atomic mass is 10.0. The first kappa shape index (κ1) is 12.4. The van der Waals surface area contributed by atoms with Crippen molar-refractivity contribution < 1.29 is 9.53 Å². The molecular formula is C16H13BrO2. The average molecular weight is 317 g/mol. The summed E-state index contributed by atoms with van der Waals surface area (Å²) in [6, 6.07) is 11.8. The van der Waals surface area contributed by atoms with Crippen molar-refractivity contribution >= 4 is 32.5 Å².